The molecule has 0 fully saturated rings. The fourth-order valence-corrected chi connectivity index (χ4v) is 3.23. The Morgan fingerprint density at radius 2 is 1.45 bits per heavy atom. The molecule has 0 aliphatic rings. The van der Waals surface area contributed by atoms with Crippen LogP contribution in [0.25, 0.3) is 6.08 Å². The second kappa shape index (κ2) is 13.8. The van der Waals surface area contributed by atoms with Gasteiger partial charge in [-0.3, -0.25) is 4.79 Å². The average molecular weight is 393 g/mol. The number of hydrogen-bond acceptors (Lipinski definition) is 2. The molecule has 0 amide bonds. The van der Waals surface area contributed by atoms with E-state index in [1.807, 2.05) is 42.5 Å². The Bertz CT molecular complexity index is 726. The summed E-state index contributed by atoms with van der Waals surface area (Å²) in [6, 6.07) is 15.9. The Hall–Kier alpha value is -2.35. The average Bonchev–Trinajstić information content (AvgIpc) is 2.76. The monoisotopic (exact) mass is 392 g/mol. The van der Waals surface area contributed by atoms with E-state index >= 15 is 0 Å². The summed E-state index contributed by atoms with van der Waals surface area (Å²) in [5.74, 6) is 0.931. The summed E-state index contributed by atoms with van der Waals surface area (Å²) < 4.78 is 5.81. The molecule has 0 aliphatic heterocycles. The van der Waals surface area contributed by atoms with E-state index in [9.17, 15) is 4.79 Å². The lowest BCUT2D eigenvalue weighted by atomic mass is 10.0. The van der Waals surface area contributed by atoms with E-state index in [1.165, 1.54) is 50.5 Å². The van der Waals surface area contributed by atoms with Crippen LogP contribution in [0.4, 0.5) is 0 Å². The molecule has 0 bridgehead atoms. The van der Waals surface area contributed by atoms with Crippen LogP contribution in [0.2, 0.25) is 0 Å². The third kappa shape index (κ3) is 9.13. The highest BCUT2D eigenvalue weighted by Crippen LogP contribution is 2.15. The highest BCUT2D eigenvalue weighted by atomic mass is 16.5. The molecule has 0 atom stereocenters. The first-order chi connectivity index (χ1) is 14.2. The summed E-state index contributed by atoms with van der Waals surface area (Å²) in [5.41, 5.74) is 3.04. The van der Waals surface area contributed by atoms with Gasteiger partial charge in [-0.05, 0) is 48.6 Å². The predicted octanol–water partition coefficient (Wildman–Crippen LogP) is 7.66. The van der Waals surface area contributed by atoms with E-state index in [-0.39, 0.29) is 5.78 Å². The lowest BCUT2D eigenvalue weighted by molar-refractivity contribution is 0.104. The maximum Gasteiger partial charge on any atom is 0.185 e. The molecule has 29 heavy (non-hydrogen) atoms. The van der Waals surface area contributed by atoms with Crippen molar-refractivity contribution in [3.8, 4) is 5.75 Å². The molecule has 2 aromatic rings. The van der Waals surface area contributed by atoms with E-state index in [0.29, 0.717) is 0 Å². The minimum atomic E-state index is 0.0374. The van der Waals surface area contributed by atoms with Crippen LogP contribution < -0.4 is 4.74 Å². The first kappa shape index (κ1) is 22.9. The van der Waals surface area contributed by atoms with Crippen molar-refractivity contribution >= 4 is 11.9 Å². The Labute approximate surface area is 177 Å². The molecule has 0 aromatic heterocycles. The van der Waals surface area contributed by atoms with Gasteiger partial charge in [0.1, 0.15) is 5.75 Å². The predicted molar refractivity (Wildman–Crippen MR) is 124 cm³/mol. The second-order valence-electron chi connectivity index (χ2n) is 7.68. The van der Waals surface area contributed by atoms with Gasteiger partial charge in [-0.15, -0.1) is 0 Å². The van der Waals surface area contributed by atoms with E-state index < -0.39 is 0 Å². The molecule has 0 N–H and O–H groups in total. The third-order valence-electron chi connectivity index (χ3n) is 5.13. The zero-order valence-electron chi connectivity index (χ0n) is 18.2. The summed E-state index contributed by atoms with van der Waals surface area (Å²) in [6.45, 7) is 5.20. The maximum absolute atomic E-state index is 12.4. The largest absolute Gasteiger partial charge is 0.494 e. The van der Waals surface area contributed by atoms with Gasteiger partial charge in [-0.1, -0.05) is 94.8 Å². The van der Waals surface area contributed by atoms with Gasteiger partial charge in [-0.25, -0.2) is 0 Å². The number of ether oxygens (including phenoxy) is 1. The summed E-state index contributed by atoms with van der Waals surface area (Å²) in [7, 11) is 0. The van der Waals surface area contributed by atoms with Gasteiger partial charge in [0.2, 0.25) is 0 Å². The molecule has 2 rings (SSSR count). The number of benzene rings is 2. The Morgan fingerprint density at radius 3 is 2.14 bits per heavy atom. The van der Waals surface area contributed by atoms with Gasteiger partial charge in [-0.2, -0.15) is 0 Å². The standard InChI is InChI=1S/C27H36O2/c1-3-5-7-8-9-10-22-29-26-19-14-24(15-20-26)16-21-27(28)25-17-12-23(13-18-25)11-6-4-2/h12-21H,3-11,22H2,1-2H3/b21-16+. The van der Waals surface area contributed by atoms with Gasteiger partial charge in [0.05, 0.1) is 6.61 Å². The zero-order valence-corrected chi connectivity index (χ0v) is 18.2. The SMILES string of the molecule is CCCCCCCCOc1ccc(/C=C/C(=O)c2ccc(CCCC)cc2)cc1. The third-order valence-corrected chi connectivity index (χ3v) is 5.13. The smallest absolute Gasteiger partial charge is 0.185 e. The molecule has 0 saturated heterocycles. The highest BCUT2D eigenvalue weighted by Gasteiger charge is 2.02. The van der Waals surface area contributed by atoms with Crippen molar-refractivity contribution in [2.45, 2.75) is 71.6 Å². The Morgan fingerprint density at radius 1 is 0.793 bits per heavy atom. The fourth-order valence-electron chi connectivity index (χ4n) is 3.23. The van der Waals surface area contributed by atoms with Gasteiger partial charge < -0.3 is 4.74 Å². The molecule has 0 unspecified atom stereocenters. The summed E-state index contributed by atoms with van der Waals surface area (Å²) in [5, 5.41) is 0. The minimum Gasteiger partial charge on any atom is -0.494 e. The molecule has 0 radical (unpaired) electrons. The van der Waals surface area contributed by atoms with Crippen molar-refractivity contribution in [3.05, 3.63) is 71.3 Å². The lowest BCUT2D eigenvalue weighted by Crippen LogP contribution is -1.97. The molecule has 156 valence electrons. The first-order valence-corrected chi connectivity index (χ1v) is 11.3. The van der Waals surface area contributed by atoms with Gasteiger partial charge in [0.15, 0.2) is 5.78 Å². The van der Waals surface area contributed by atoms with Crippen molar-refractivity contribution < 1.29 is 9.53 Å². The molecule has 0 spiro atoms. The van der Waals surface area contributed by atoms with Crippen LogP contribution in [0.15, 0.2) is 54.6 Å². The summed E-state index contributed by atoms with van der Waals surface area (Å²) >= 11 is 0. The first-order valence-electron chi connectivity index (χ1n) is 11.3. The minimum absolute atomic E-state index is 0.0374. The van der Waals surface area contributed by atoms with Crippen molar-refractivity contribution in [1.82, 2.24) is 0 Å². The van der Waals surface area contributed by atoms with Gasteiger partial charge in [0, 0.05) is 5.56 Å². The number of allylic oxidation sites excluding steroid dienone is 1. The maximum atomic E-state index is 12.4. The lowest BCUT2D eigenvalue weighted by Gasteiger charge is -2.06. The number of unbranched alkanes of at least 4 members (excludes halogenated alkanes) is 6. The quantitative estimate of drug-likeness (QED) is 0.187. The molecule has 0 heterocycles. The molecule has 2 aromatic carbocycles. The van der Waals surface area contributed by atoms with Crippen LogP contribution in [0.5, 0.6) is 5.75 Å². The van der Waals surface area contributed by atoms with Crippen LogP contribution in [0.3, 0.4) is 0 Å². The Balaban J connectivity index is 1.75. The second-order valence-corrected chi connectivity index (χ2v) is 7.68. The van der Waals surface area contributed by atoms with Crippen LogP contribution >= 0.6 is 0 Å². The van der Waals surface area contributed by atoms with Crippen LogP contribution in [0, 0.1) is 0 Å². The number of ketones is 1. The summed E-state index contributed by atoms with van der Waals surface area (Å²) in [6.07, 6.45) is 14.6. The zero-order chi connectivity index (χ0) is 20.7. The molecule has 0 saturated carbocycles. The fraction of sp³-hybridized carbons (Fsp3) is 0.444. The Kier molecular flexibility index (Phi) is 10.9. The van der Waals surface area contributed by atoms with Crippen molar-refractivity contribution in [2.75, 3.05) is 6.61 Å². The normalized spacial score (nSPS) is 11.1. The molecule has 2 nitrogen and oxygen atoms in total. The number of carbonyl (C=O) groups excluding carboxylic acids is 1. The van der Waals surface area contributed by atoms with E-state index in [2.05, 4.69) is 26.0 Å². The highest BCUT2D eigenvalue weighted by molar-refractivity contribution is 6.06. The van der Waals surface area contributed by atoms with Crippen molar-refractivity contribution in [3.63, 3.8) is 0 Å². The number of hydrogen-bond donors (Lipinski definition) is 0. The number of rotatable bonds is 14. The van der Waals surface area contributed by atoms with E-state index in [4.69, 9.17) is 4.74 Å². The van der Waals surface area contributed by atoms with Gasteiger partial charge >= 0.3 is 0 Å². The molecule has 2 heteroatoms. The van der Waals surface area contributed by atoms with Crippen LogP contribution in [-0.4, -0.2) is 12.4 Å². The number of carbonyl (C=O) groups is 1. The molecular weight excluding hydrogens is 356 g/mol. The van der Waals surface area contributed by atoms with Crippen molar-refractivity contribution in [2.24, 2.45) is 0 Å². The molecular formula is C27H36O2. The van der Waals surface area contributed by atoms with Crippen molar-refractivity contribution in [1.29, 1.82) is 0 Å². The van der Waals surface area contributed by atoms with Crippen LogP contribution in [0.1, 0.15) is 86.7 Å². The topological polar surface area (TPSA) is 26.3 Å². The van der Waals surface area contributed by atoms with Gasteiger partial charge in [0.25, 0.3) is 0 Å². The van der Waals surface area contributed by atoms with Crippen LogP contribution in [-0.2, 0) is 6.42 Å². The molecule has 0 aliphatic carbocycles. The summed E-state index contributed by atoms with van der Waals surface area (Å²) in [4.78, 5) is 12.4. The van der Waals surface area contributed by atoms with E-state index in [0.717, 1.165) is 36.3 Å². The van der Waals surface area contributed by atoms with E-state index in [1.54, 1.807) is 6.08 Å². The number of aryl methyl sites for hydroxylation is 1.